The predicted octanol–water partition coefficient (Wildman–Crippen LogP) is 3.71. The first-order chi connectivity index (χ1) is 13.6. The monoisotopic (exact) mass is 382 g/mol. The van der Waals surface area contributed by atoms with E-state index in [1.54, 1.807) is 11.9 Å². The van der Waals surface area contributed by atoms with Crippen molar-refractivity contribution in [3.63, 3.8) is 0 Å². The summed E-state index contributed by atoms with van der Waals surface area (Å²) in [5, 5.41) is 2.68. The van der Waals surface area contributed by atoms with Crippen LogP contribution in [0.1, 0.15) is 37.3 Å². The number of likely N-dealkylation sites (N-methyl/N-ethyl adjacent to an activating group) is 1. The third-order valence-corrected chi connectivity index (χ3v) is 4.78. The molecule has 0 bridgehead atoms. The Kier molecular flexibility index (Phi) is 8.53. The van der Waals surface area contributed by atoms with Crippen LogP contribution in [0, 0.1) is 6.92 Å². The first-order valence-corrected chi connectivity index (χ1v) is 9.80. The Morgan fingerprint density at radius 3 is 2.39 bits per heavy atom. The van der Waals surface area contributed by atoms with Crippen LogP contribution in [0.2, 0.25) is 0 Å². The van der Waals surface area contributed by atoms with Gasteiger partial charge in [-0.05, 0) is 43.0 Å². The van der Waals surface area contributed by atoms with Gasteiger partial charge in [0, 0.05) is 20.0 Å². The number of hydrogen-bond acceptors (Lipinski definition) is 3. The highest BCUT2D eigenvalue weighted by Crippen LogP contribution is 2.17. The van der Waals surface area contributed by atoms with Gasteiger partial charge in [0.1, 0.15) is 11.8 Å². The first-order valence-electron chi connectivity index (χ1n) is 9.80. The number of aryl methyl sites for hydroxylation is 1. The minimum Gasteiger partial charge on any atom is -0.494 e. The molecule has 28 heavy (non-hydrogen) atoms. The normalized spacial score (nSPS) is 11.5. The molecule has 150 valence electrons. The van der Waals surface area contributed by atoms with E-state index < -0.39 is 6.04 Å². The molecule has 1 unspecified atom stereocenters. The van der Waals surface area contributed by atoms with Crippen LogP contribution in [0.15, 0.2) is 54.6 Å². The Morgan fingerprint density at radius 2 is 1.75 bits per heavy atom. The second-order valence-electron chi connectivity index (χ2n) is 6.75. The van der Waals surface area contributed by atoms with Crippen molar-refractivity contribution in [1.29, 1.82) is 0 Å². The lowest BCUT2D eigenvalue weighted by Crippen LogP contribution is -2.48. The number of rotatable bonds is 10. The van der Waals surface area contributed by atoms with Gasteiger partial charge in [-0.3, -0.25) is 9.59 Å². The molecular formula is C23H30N2O3. The summed E-state index contributed by atoms with van der Waals surface area (Å²) in [6.45, 7) is 4.84. The van der Waals surface area contributed by atoms with Crippen LogP contribution in [0.3, 0.4) is 0 Å². The van der Waals surface area contributed by atoms with Crippen molar-refractivity contribution in [2.45, 2.75) is 45.7 Å². The van der Waals surface area contributed by atoms with Crippen LogP contribution < -0.4 is 10.1 Å². The first kappa shape index (κ1) is 21.5. The van der Waals surface area contributed by atoms with Crippen molar-refractivity contribution >= 4 is 11.8 Å². The van der Waals surface area contributed by atoms with Crippen LogP contribution in [0.25, 0.3) is 0 Å². The van der Waals surface area contributed by atoms with Gasteiger partial charge in [0.05, 0.1) is 6.61 Å². The number of nitrogens with zero attached hydrogens (tertiary/aromatic N) is 1. The van der Waals surface area contributed by atoms with E-state index in [1.807, 2.05) is 68.4 Å². The van der Waals surface area contributed by atoms with Gasteiger partial charge in [-0.2, -0.15) is 0 Å². The molecule has 5 nitrogen and oxygen atoms in total. The molecule has 0 radical (unpaired) electrons. The van der Waals surface area contributed by atoms with Crippen molar-refractivity contribution in [3.8, 4) is 5.75 Å². The van der Waals surface area contributed by atoms with E-state index in [4.69, 9.17) is 4.74 Å². The average Bonchev–Trinajstić information content (AvgIpc) is 2.72. The summed E-state index contributed by atoms with van der Waals surface area (Å²) in [7, 11) is 1.61. The molecule has 0 aliphatic rings. The van der Waals surface area contributed by atoms with Crippen LogP contribution in [0.5, 0.6) is 5.75 Å². The summed E-state index contributed by atoms with van der Waals surface area (Å²) in [5.74, 6) is 0.629. The van der Waals surface area contributed by atoms with E-state index in [-0.39, 0.29) is 11.8 Å². The number of carbonyl (C=O) groups excluding carboxylic acids is 2. The van der Waals surface area contributed by atoms with Crippen LogP contribution in [-0.4, -0.2) is 36.4 Å². The van der Waals surface area contributed by atoms with Gasteiger partial charge < -0.3 is 15.0 Å². The maximum Gasteiger partial charge on any atom is 0.242 e. The summed E-state index contributed by atoms with van der Waals surface area (Å²) < 4.78 is 5.68. The fraction of sp³-hybridized carbons (Fsp3) is 0.391. The largest absolute Gasteiger partial charge is 0.494 e. The summed E-state index contributed by atoms with van der Waals surface area (Å²) in [5.41, 5.74) is 2.17. The minimum absolute atomic E-state index is 0.0321. The van der Waals surface area contributed by atoms with Gasteiger partial charge in [0.25, 0.3) is 0 Å². The standard InChI is InChI=1S/C23H30N2O3/c1-4-21(23(27)24-3)25(17-19-12-9-8-11-18(19)2)22(26)15-10-16-28-20-13-6-5-7-14-20/h5-9,11-14,21H,4,10,15-17H2,1-3H3,(H,24,27). The van der Waals surface area contributed by atoms with E-state index in [1.165, 1.54) is 0 Å². The summed E-state index contributed by atoms with van der Waals surface area (Å²) >= 11 is 0. The molecule has 0 aliphatic carbocycles. The van der Waals surface area contributed by atoms with E-state index in [0.29, 0.717) is 32.4 Å². The maximum atomic E-state index is 13.0. The molecule has 0 saturated carbocycles. The molecule has 1 atom stereocenters. The SMILES string of the molecule is CCC(C(=O)NC)N(Cc1ccccc1C)C(=O)CCCOc1ccccc1. The Hall–Kier alpha value is -2.82. The average molecular weight is 383 g/mol. The molecular weight excluding hydrogens is 352 g/mol. The van der Waals surface area contributed by atoms with E-state index in [0.717, 1.165) is 16.9 Å². The van der Waals surface area contributed by atoms with Gasteiger partial charge in [-0.1, -0.05) is 49.4 Å². The highest BCUT2D eigenvalue weighted by Gasteiger charge is 2.27. The van der Waals surface area contributed by atoms with Crippen molar-refractivity contribution in [2.24, 2.45) is 0 Å². The smallest absolute Gasteiger partial charge is 0.242 e. The molecule has 2 amide bonds. The van der Waals surface area contributed by atoms with Crippen molar-refractivity contribution in [2.75, 3.05) is 13.7 Å². The molecule has 0 aliphatic heterocycles. The number of para-hydroxylation sites is 1. The number of amides is 2. The Balaban J connectivity index is 2.03. The predicted molar refractivity (Wildman–Crippen MR) is 111 cm³/mol. The second-order valence-corrected chi connectivity index (χ2v) is 6.75. The van der Waals surface area contributed by atoms with Crippen molar-refractivity contribution in [1.82, 2.24) is 10.2 Å². The lowest BCUT2D eigenvalue weighted by Gasteiger charge is -2.30. The zero-order chi connectivity index (χ0) is 20.4. The Bertz CT molecular complexity index is 761. The molecule has 5 heteroatoms. The number of hydrogen-bond donors (Lipinski definition) is 1. The van der Waals surface area contributed by atoms with Gasteiger partial charge in [-0.15, -0.1) is 0 Å². The maximum absolute atomic E-state index is 13.0. The van der Waals surface area contributed by atoms with Crippen LogP contribution in [-0.2, 0) is 16.1 Å². The number of ether oxygens (including phenoxy) is 1. The minimum atomic E-state index is -0.479. The zero-order valence-electron chi connectivity index (χ0n) is 17.0. The fourth-order valence-electron chi connectivity index (χ4n) is 3.13. The Labute approximate surface area is 167 Å². The summed E-state index contributed by atoms with van der Waals surface area (Å²) in [4.78, 5) is 27.0. The quantitative estimate of drug-likeness (QED) is 0.637. The Morgan fingerprint density at radius 1 is 1.07 bits per heavy atom. The van der Waals surface area contributed by atoms with Gasteiger partial charge in [0.2, 0.25) is 11.8 Å². The third-order valence-electron chi connectivity index (χ3n) is 4.78. The molecule has 1 N–H and O–H groups in total. The number of nitrogens with one attached hydrogen (secondary N) is 1. The van der Waals surface area contributed by atoms with Crippen molar-refractivity contribution < 1.29 is 14.3 Å². The topological polar surface area (TPSA) is 58.6 Å². The van der Waals surface area contributed by atoms with Crippen molar-refractivity contribution in [3.05, 3.63) is 65.7 Å². The fourth-order valence-corrected chi connectivity index (χ4v) is 3.13. The molecule has 0 aromatic heterocycles. The number of benzene rings is 2. The number of carbonyl (C=O) groups is 2. The lowest BCUT2D eigenvalue weighted by atomic mass is 10.1. The molecule has 2 aromatic carbocycles. The molecule has 0 saturated heterocycles. The lowest BCUT2D eigenvalue weighted by molar-refractivity contribution is -0.141. The molecule has 0 fully saturated rings. The highest BCUT2D eigenvalue weighted by molar-refractivity contribution is 5.87. The molecule has 0 heterocycles. The van der Waals surface area contributed by atoms with Crippen LogP contribution >= 0.6 is 0 Å². The zero-order valence-corrected chi connectivity index (χ0v) is 17.0. The molecule has 2 aromatic rings. The van der Waals surface area contributed by atoms with Gasteiger partial charge in [-0.25, -0.2) is 0 Å². The van der Waals surface area contributed by atoms with Gasteiger partial charge in [0.15, 0.2) is 0 Å². The van der Waals surface area contributed by atoms with Crippen LogP contribution in [0.4, 0.5) is 0 Å². The molecule has 0 spiro atoms. The van der Waals surface area contributed by atoms with E-state index in [9.17, 15) is 9.59 Å². The molecule has 2 rings (SSSR count). The van der Waals surface area contributed by atoms with E-state index >= 15 is 0 Å². The summed E-state index contributed by atoms with van der Waals surface area (Å²) in [6, 6.07) is 17.0. The van der Waals surface area contributed by atoms with Gasteiger partial charge >= 0.3 is 0 Å². The third kappa shape index (κ3) is 6.12. The summed E-state index contributed by atoms with van der Waals surface area (Å²) in [6.07, 6.45) is 1.51. The highest BCUT2D eigenvalue weighted by atomic mass is 16.5. The van der Waals surface area contributed by atoms with E-state index in [2.05, 4.69) is 5.32 Å². The second kappa shape index (κ2) is 11.1.